The number of amides is 1. The van der Waals surface area contributed by atoms with E-state index < -0.39 is 0 Å². The summed E-state index contributed by atoms with van der Waals surface area (Å²) in [7, 11) is 1.95. The van der Waals surface area contributed by atoms with Gasteiger partial charge in [-0.05, 0) is 32.2 Å². The van der Waals surface area contributed by atoms with Crippen LogP contribution in [0.2, 0.25) is 0 Å². The molecule has 0 aromatic carbocycles. The third-order valence-corrected chi connectivity index (χ3v) is 4.28. The smallest absolute Gasteiger partial charge is 0.220 e. The minimum Gasteiger partial charge on any atom is -0.349 e. The number of nitrogens with one attached hydrogen (secondary N) is 1. The van der Waals surface area contributed by atoms with E-state index in [1.165, 1.54) is 12.0 Å². The number of piperidine rings is 2. The van der Waals surface area contributed by atoms with E-state index in [0.29, 0.717) is 6.42 Å². The highest BCUT2D eigenvalue weighted by Gasteiger charge is 2.38. The third-order valence-electron chi connectivity index (χ3n) is 4.28. The van der Waals surface area contributed by atoms with Crippen LogP contribution in [0.3, 0.4) is 0 Å². The molecule has 0 aliphatic carbocycles. The van der Waals surface area contributed by atoms with Gasteiger partial charge in [-0.2, -0.15) is 5.10 Å². The minimum atomic E-state index is 0.0375. The molecule has 3 rings (SSSR count). The molecular formula is C14H22N4O. The predicted octanol–water partition coefficient (Wildman–Crippen LogP) is 1.05. The molecular weight excluding hydrogens is 240 g/mol. The van der Waals surface area contributed by atoms with Crippen molar-refractivity contribution in [3.05, 3.63) is 18.0 Å². The van der Waals surface area contributed by atoms with Crippen molar-refractivity contribution in [2.75, 3.05) is 13.1 Å². The third kappa shape index (κ3) is 2.81. The Balaban J connectivity index is 1.66. The Hall–Kier alpha value is -1.36. The van der Waals surface area contributed by atoms with Gasteiger partial charge in [0.25, 0.3) is 0 Å². The lowest BCUT2D eigenvalue weighted by Gasteiger charge is -2.45. The second-order valence-electron chi connectivity index (χ2n) is 6.02. The lowest BCUT2D eigenvalue weighted by atomic mass is 9.81. The zero-order chi connectivity index (χ0) is 13.3. The van der Waals surface area contributed by atoms with E-state index in [2.05, 4.69) is 21.5 Å². The number of carbonyl (C=O) groups excluding carboxylic acids is 1. The summed E-state index contributed by atoms with van der Waals surface area (Å²) < 4.78 is 1.84. The number of aromatic nitrogens is 2. The van der Waals surface area contributed by atoms with Gasteiger partial charge in [-0.3, -0.25) is 14.4 Å². The number of nitrogens with zero attached hydrogens (tertiary/aromatic N) is 3. The zero-order valence-corrected chi connectivity index (χ0v) is 11.6. The topological polar surface area (TPSA) is 50.2 Å². The summed E-state index contributed by atoms with van der Waals surface area (Å²) in [5, 5.41) is 7.47. The number of rotatable bonds is 2. The van der Waals surface area contributed by atoms with E-state index in [9.17, 15) is 4.79 Å². The molecule has 0 radical (unpaired) electrons. The van der Waals surface area contributed by atoms with Gasteiger partial charge >= 0.3 is 0 Å². The van der Waals surface area contributed by atoms with Crippen molar-refractivity contribution in [3.8, 4) is 0 Å². The fourth-order valence-electron chi connectivity index (χ4n) is 3.49. The van der Waals surface area contributed by atoms with Crippen LogP contribution in [0.4, 0.5) is 0 Å². The molecule has 104 valence electrons. The maximum Gasteiger partial charge on any atom is 0.220 e. The van der Waals surface area contributed by atoms with Gasteiger partial charge < -0.3 is 5.32 Å². The van der Waals surface area contributed by atoms with Crippen LogP contribution in [0.5, 0.6) is 0 Å². The molecule has 0 bridgehead atoms. The second kappa shape index (κ2) is 4.96. The Bertz CT molecular complexity index is 466. The summed E-state index contributed by atoms with van der Waals surface area (Å²) in [6.45, 7) is 3.03. The highest BCUT2D eigenvalue weighted by atomic mass is 16.1. The maximum absolute atomic E-state index is 11.7. The largest absolute Gasteiger partial charge is 0.349 e. The Morgan fingerprint density at radius 3 is 3.00 bits per heavy atom. The molecule has 2 saturated heterocycles. The van der Waals surface area contributed by atoms with Crippen molar-refractivity contribution in [1.29, 1.82) is 0 Å². The summed E-state index contributed by atoms with van der Waals surface area (Å²) in [4.78, 5) is 14.1. The number of hydrogen-bond acceptors (Lipinski definition) is 3. The Morgan fingerprint density at radius 1 is 1.42 bits per heavy atom. The summed E-state index contributed by atoms with van der Waals surface area (Å²) in [6, 6.07) is 0. The van der Waals surface area contributed by atoms with Crippen molar-refractivity contribution < 1.29 is 4.79 Å². The van der Waals surface area contributed by atoms with Crippen LogP contribution in [0.15, 0.2) is 12.4 Å². The van der Waals surface area contributed by atoms with Crippen molar-refractivity contribution in [1.82, 2.24) is 20.0 Å². The summed E-state index contributed by atoms with van der Waals surface area (Å²) >= 11 is 0. The first-order valence-electron chi connectivity index (χ1n) is 7.16. The van der Waals surface area contributed by atoms with Crippen LogP contribution >= 0.6 is 0 Å². The Kier molecular flexibility index (Phi) is 3.31. The monoisotopic (exact) mass is 262 g/mol. The summed E-state index contributed by atoms with van der Waals surface area (Å²) in [5.41, 5.74) is 1.29. The highest BCUT2D eigenvalue weighted by Crippen LogP contribution is 2.30. The molecule has 3 heterocycles. The number of aryl methyl sites for hydroxylation is 1. The van der Waals surface area contributed by atoms with E-state index in [1.54, 1.807) is 0 Å². The molecule has 2 aliphatic heterocycles. The average Bonchev–Trinajstić information content (AvgIpc) is 2.74. The summed E-state index contributed by atoms with van der Waals surface area (Å²) in [6.07, 6.45) is 9.16. The normalized spacial score (nSPS) is 28.6. The fourth-order valence-corrected chi connectivity index (χ4v) is 3.49. The van der Waals surface area contributed by atoms with Crippen molar-refractivity contribution in [2.45, 2.75) is 44.2 Å². The highest BCUT2D eigenvalue weighted by molar-refractivity contribution is 5.77. The van der Waals surface area contributed by atoms with Crippen LogP contribution < -0.4 is 5.32 Å². The lowest BCUT2D eigenvalue weighted by molar-refractivity contribution is -0.126. The van der Waals surface area contributed by atoms with Crippen molar-refractivity contribution >= 4 is 5.91 Å². The minimum absolute atomic E-state index is 0.0375. The molecule has 1 aromatic rings. The van der Waals surface area contributed by atoms with Gasteiger partial charge in [-0.25, -0.2) is 0 Å². The number of carbonyl (C=O) groups is 1. The molecule has 1 amide bonds. The molecule has 1 spiro atoms. The van der Waals surface area contributed by atoms with Crippen LogP contribution in [-0.2, 0) is 18.4 Å². The predicted molar refractivity (Wildman–Crippen MR) is 72.4 cm³/mol. The van der Waals surface area contributed by atoms with E-state index >= 15 is 0 Å². The summed E-state index contributed by atoms with van der Waals surface area (Å²) in [5.74, 6) is 0.231. The van der Waals surface area contributed by atoms with Crippen molar-refractivity contribution in [3.63, 3.8) is 0 Å². The van der Waals surface area contributed by atoms with E-state index in [4.69, 9.17) is 0 Å². The van der Waals surface area contributed by atoms with Gasteiger partial charge in [-0.15, -0.1) is 0 Å². The first-order chi connectivity index (χ1) is 9.15. The molecule has 1 aromatic heterocycles. The van der Waals surface area contributed by atoms with E-state index in [1.807, 2.05) is 17.9 Å². The maximum atomic E-state index is 11.7. The Labute approximate surface area is 114 Å². The van der Waals surface area contributed by atoms with E-state index in [0.717, 1.165) is 38.9 Å². The molecule has 1 atom stereocenters. The molecule has 1 N–H and O–H groups in total. The fraction of sp³-hybridized carbons (Fsp3) is 0.714. The van der Waals surface area contributed by atoms with Gasteiger partial charge in [-0.1, -0.05) is 0 Å². The molecule has 0 unspecified atom stereocenters. The molecule has 19 heavy (non-hydrogen) atoms. The van der Waals surface area contributed by atoms with Crippen LogP contribution in [0, 0.1) is 0 Å². The van der Waals surface area contributed by atoms with E-state index in [-0.39, 0.29) is 11.4 Å². The average molecular weight is 262 g/mol. The SMILES string of the molecule is Cn1cc(CN2CCC[C@@]3(CCCC(=O)N3)C2)cn1. The zero-order valence-electron chi connectivity index (χ0n) is 11.6. The van der Waals surface area contributed by atoms with Crippen LogP contribution in [0.1, 0.15) is 37.7 Å². The van der Waals surface area contributed by atoms with Gasteiger partial charge in [0.2, 0.25) is 5.91 Å². The van der Waals surface area contributed by atoms with Gasteiger partial charge in [0.05, 0.1) is 11.7 Å². The second-order valence-corrected chi connectivity index (χ2v) is 6.02. The molecule has 2 aliphatic rings. The molecule has 5 nitrogen and oxygen atoms in total. The van der Waals surface area contributed by atoms with Crippen LogP contribution in [-0.4, -0.2) is 39.2 Å². The van der Waals surface area contributed by atoms with Gasteiger partial charge in [0, 0.05) is 38.3 Å². The number of likely N-dealkylation sites (tertiary alicyclic amines) is 1. The van der Waals surface area contributed by atoms with Crippen LogP contribution in [0.25, 0.3) is 0 Å². The quantitative estimate of drug-likeness (QED) is 0.867. The van der Waals surface area contributed by atoms with Gasteiger partial charge in [0.1, 0.15) is 0 Å². The first kappa shape index (κ1) is 12.7. The van der Waals surface area contributed by atoms with Gasteiger partial charge in [0.15, 0.2) is 0 Å². The lowest BCUT2D eigenvalue weighted by Crippen LogP contribution is -2.60. The molecule has 0 saturated carbocycles. The molecule has 5 heteroatoms. The van der Waals surface area contributed by atoms with Crippen molar-refractivity contribution in [2.24, 2.45) is 7.05 Å². The first-order valence-corrected chi connectivity index (χ1v) is 7.16. The molecule has 2 fully saturated rings. The number of hydrogen-bond donors (Lipinski definition) is 1. The Morgan fingerprint density at radius 2 is 2.26 bits per heavy atom. The standard InChI is InChI=1S/C14H22N4O/c1-17-9-12(8-15-17)10-18-7-3-6-14(11-18)5-2-4-13(19)16-14/h8-9H,2-7,10-11H2,1H3,(H,16,19)/t14-/m0/s1.